The van der Waals surface area contributed by atoms with Crippen molar-refractivity contribution in [2.75, 3.05) is 13.2 Å². The standard InChI is InChI=1S/C39H53NO5/c1-4-45-37(43)40(26-29-13-7-5-8-14-29)27-39(44)23-21-35-33-20-18-30(25-34(33)36(42)31-15-9-6-10-16-31)24-32(41)19-17-28(2)12-11-22-38(35,39)3/h5,7-8,12-14,18,20,25,31-32,35,41,44H,4,6,9-11,15-17,19,21-24,26-27H2,1-3H3. The molecule has 2 aromatic carbocycles. The van der Waals surface area contributed by atoms with Crippen LogP contribution in [-0.2, 0) is 17.7 Å². The SMILES string of the molecule is CCOC(=O)N(Cc1ccccc1)CC1(O)CCC2c3ccc(cc3C(=O)C3CCCCC3)CC(O)CCC(C)=CCCC21C. The maximum atomic E-state index is 14.3. The molecule has 244 valence electrons. The molecule has 4 aliphatic rings. The van der Waals surface area contributed by atoms with Gasteiger partial charge in [-0.3, -0.25) is 4.79 Å². The Morgan fingerprint density at radius 3 is 2.49 bits per heavy atom. The molecule has 4 unspecified atom stereocenters. The number of ether oxygens (including phenoxy) is 1. The van der Waals surface area contributed by atoms with Crippen LogP contribution in [0.3, 0.4) is 0 Å². The number of aliphatic hydroxyl groups excluding tert-OH is 1. The Hall–Kier alpha value is -2.96. The molecule has 45 heavy (non-hydrogen) atoms. The highest BCUT2D eigenvalue weighted by atomic mass is 16.6. The average molecular weight is 616 g/mol. The first kappa shape index (κ1) is 33.4. The van der Waals surface area contributed by atoms with E-state index in [-0.39, 0.29) is 30.8 Å². The Morgan fingerprint density at radius 1 is 1.00 bits per heavy atom. The third-order valence-corrected chi connectivity index (χ3v) is 11.1. The molecule has 4 aliphatic carbocycles. The van der Waals surface area contributed by atoms with Gasteiger partial charge in [0.2, 0.25) is 0 Å². The Morgan fingerprint density at radius 2 is 1.76 bits per heavy atom. The first-order chi connectivity index (χ1) is 21.6. The summed E-state index contributed by atoms with van der Waals surface area (Å²) in [5.41, 5.74) is 3.24. The predicted molar refractivity (Wildman–Crippen MR) is 178 cm³/mol. The van der Waals surface area contributed by atoms with Gasteiger partial charge in [0, 0.05) is 23.4 Å². The van der Waals surface area contributed by atoms with Gasteiger partial charge in [-0.15, -0.1) is 0 Å². The van der Waals surface area contributed by atoms with Gasteiger partial charge in [0.15, 0.2) is 5.78 Å². The van der Waals surface area contributed by atoms with Gasteiger partial charge in [-0.05, 0) is 100 Å². The fourth-order valence-electron chi connectivity index (χ4n) is 8.32. The molecule has 2 bridgehead atoms. The van der Waals surface area contributed by atoms with Gasteiger partial charge in [0.25, 0.3) is 0 Å². The van der Waals surface area contributed by atoms with E-state index in [9.17, 15) is 19.8 Å². The zero-order valence-corrected chi connectivity index (χ0v) is 27.6. The molecule has 2 saturated carbocycles. The monoisotopic (exact) mass is 615 g/mol. The van der Waals surface area contributed by atoms with Crippen LogP contribution in [0.15, 0.2) is 60.2 Å². The lowest BCUT2D eigenvalue weighted by molar-refractivity contribution is -0.0821. The van der Waals surface area contributed by atoms with Gasteiger partial charge < -0.3 is 19.8 Å². The molecule has 2 fully saturated rings. The first-order valence-electron chi connectivity index (χ1n) is 17.3. The van der Waals surface area contributed by atoms with E-state index < -0.39 is 23.2 Å². The molecule has 0 spiro atoms. The van der Waals surface area contributed by atoms with E-state index in [1.54, 1.807) is 11.8 Å². The second-order valence-corrected chi connectivity index (χ2v) is 14.2. The number of rotatable bonds is 7. The Labute approximate surface area is 269 Å². The van der Waals surface area contributed by atoms with Crippen molar-refractivity contribution in [2.45, 2.75) is 122 Å². The van der Waals surface area contributed by atoms with Crippen molar-refractivity contribution >= 4 is 11.9 Å². The van der Waals surface area contributed by atoms with Gasteiger partial charge in [0.05, 0.1) is 24.9 Å². The summed E-state index contributed by atoms with van der Waals surface area (Å²) in [5, 5.41) is 23.7. The van der Waals surface area contributed by atoms with Gasteiger partial charge in [-0.25, -0.2) is 4.79 Å². The van der Waals surface area contributed by atoms with Crippen LogP contribution in [0.1, 0.15) is 124 Å². The van der Waals surface area contributed by atoms with Crippen LogP contribution >= 0.6 is 0 Å². The number of hydrogen-bond donors (Lipinski definition) is 2. The third kappa shape index (κ3) is 7.55. The molecule has 1 amide bonds. The fourth-order valence-corrected chi connectivity index (χ4v) is 8.32. The zero-order chi connectivity index (χ0) is 32.0. The van der Waals surface area contributed by atoms with E-state index in [0.29, 0.717) is 25.8 Å². The van der Waals surface area contributed by atoms with Crippen LogP contribution in [-0.4, -0.2) is 51.8 Å². The quantitative estimate of drug-likeness (QED) is 0.243. The first-order valence-corrected chi connectivity index (χ1v) is 17.3. The Bertz CT molecular complexity index is 1350. The number of carbonyl (C=O) groups excluding carboxylic acids is 2. The van der Waals surface area contributed by atoms with Crippen molar-refractivity contribution in [1.29, 1.82) is 0 Å². The summed E-state index contributed by atoms with van der Waals surface area (Å²) >= 11 is 0. The number of carbonyl (C=O) groups is 2. The number of amides is 1. The minimum Gasteiger partial charge on any atom is -0.450 e. The second kappa shape index (κ2) is 14.6. The maximum absolute atomic E-state index is 14.3. The van der Waals surface area contributed by atoms with Gasteiger partial charge in [-0.1, -0.05) is 80.3 Å². The van der Waals surface area contributed by atoms with Crippen molar-refractivity contribution in [3.8, 4) is 0 Å². The number of nitrogens with zero attached hydrogens (tertiary/aromatic N) is 1. The average Bonchev–Trinajstić information content (AvgIpc) is 3.29. The van der Waals surface area contributed by atoms with E-state index in [4.69, 9.17) is 4.74 Å². The number of ketones is 1. The number of fused-ring (bicyclic) bond motifs is 8. The summed E-state index contributed by atoms with van der Waals surface area (Å²) in [4.78, 5) is 29.3. The smallest absolute Gasteiger partial charge is 0.410 e. The summed E-state index contributed by atoms with van der Waals surface area (Å²) in [6, 6.07) is 16.1. The van der Waals surface area contributed by atoms with E-state index in [0.717, 1.165) is 73.6 Å². The minimum absolute atomic E-state index is 0.0267. The van der Waals surface area contributed by atoms with E-state index in [1.807, 2.05) is 30.3 Å². The normalized spacial score (nSPS) is 27.7. The van der Waals surface area contributed by atoms with Crippen LogP contribution in [0.2, 0.25) is 0 Å². The van der Waals surface area contributed by atoms with E-state index >= 15 is 0 Å². The highest BCUT2D eigenvalue weighted by Crippen LogP contribution is 2.59. The molecule has 0 aromatic heterocycles. The molecule has 0 radical (unpaired) electrons. The summed E-state index contributed by atoms with van der Waals surface area (Å²) in [6.07, 6.45) is 11.3. The number of aliphatic hydroxyl groups is 2. The molecule has 6 nitrogen and oxygen atoms in total. The molecule has 2 N–H and O–H groups in total. The van der Waals surface area contributed by atoms with E-state index in [2.05, 4.69) is 38.1 Å². The van der Waals surface area contributed by atoms with E-state index in [1.165, 1.54) is 12.0 Å². The van der Waals surface area contributed by atoms with Crippen molar-refractivity contribution in [1.82, 2.24) is 4.90 Å². The van der Waals surface area contributed by atoms with Gasteiger partial charge in [0.1, 0.15) is 0 Å². The highest BCUT2D eigenvalue weighted by Gasteiger charge is 2.57. The molecule has 2 aromatic rings. The van der Waals surface area contributed by atoms with Crippen molar-refractivity contribution < 1.29 is 24.5 Å². The largest absolute Gasteiger partial charge is 0.450 e. The van der Waals surface area contributed by atoms with Crippen molar-refractivity contribution in [2.24, 2.45) is 11.3 Å². The number of allylic oxidation sites excluding steroid dienone is 2. The zero-order valence-electron chi connectivity index (χ0n) is 27.6. The topological polar surface area (TPSA) is 87.1 Å². The summed E-state index contributed by atoms with van der Waals surface area (Å²) < 4.78 is 5.50. The van der Waals surface area contributed by atoms with Crippen LogP contribution in [0.25, 0.3) is 0 Å². The van der Waals surface area contributed by atoms with Crippen molar-refractivity contribution in [3.05, 3.63) is 82.4 Å². The van der Waals surface area contributed by atoms with Crippen LogP contribution in [0.5, 0.6) is 0 Å². The Kier molecular flexibility index (Phi) is 10.9. The molecule has 4 atom stereocenters. The third-order valence-electron chi connectivity index (χ3n) is 11.1. The lowest BCUT2D eigenvalue weighted by Gasteiger charge is -2.46. The number of hydrogen-bond acceptors (Lipinski definition) is 5. The molecular weight excluding hydrogens is 562 g/mol. The fraction of sp³-hybridized carbons (Fsp3) is 0.590. The molecule has 0 saturated heterocycles. The molecule has 6 rings (SSSR count). The predicted octanol–water partition coefficient (Wildman–Crippen LogP) is 8.15. The minimum atomic E-state index is -1.18. The van der Waals surface area contributed by atoms with Crippen molar-refractivity contribution in [3.63, 3.8) is 0 Å². The summed E-state index contributed by atoms with van der Waals surface area (Å²) in [6.45, 7) is 6.88. The number of Topliss-reactive ketones (excluding diaryl/α,β-unsaturated/α-hetero) is 1. The molecular formula is C39H53NO5. The maximum Gasteiger partial charge on any atom is 0.410 e. The van der Waals surface area contributed by atoms with Gasteiger partial charge >= 0.3 is 6.09 Å². The summed E-state index contributed by atoms with van der Waals surface area (Å²) in [7, 11) is 0. The van der Waals surface area contributed by atoms with Gasteiger partial charge in [-0.2, -0.15) is 0 Å². The molecule has 0 heterocycles. The second-order valence-electron chi connectivity index (χ2n) is 14.2. The van der Waals surface area contributed by atoms with Crippen LogP contribution in [0.4, 0.5) is 4.79 Å². The van der Waals surface area contributed by atoms with Crippen LogP contribution < -0.4 is 0 Å². The molecule has 0 aliphatic heterocycles. The molecule has 6 heteroatoms. The Balaban J connectivity index is 1.56. The highest BCUT2D eigenvalue weighted by molar-refractivity contribution is 5.99. The lowest BCUT2D eigenvalue weighted by atomic mass is 9.64. The number of benzene rings is 2. The summed E-state index contributed by atoms with van der Waals surface area (Å²) in [5.74, 6) is 0.194. The lowest BCUT2D eigenvalue weighted by Crippen LogP contribution is -2.53. The van der Waals surface area contributed by atoms with Crippen LogP contribution in [0, 0.1) is 11.3 Å².